The Balaban J connectivity index is 1.74. The number of hydrogen-bond acceptors (Lipinski definition) is 4. The van der Waals surface area contributed by atoms with Gasteiger partial charge in [0.1, 0.15) is 11.9 Å². The molecule has 1 fully saturated rings. The zero-order valence-corrected chi connectivity index (χ0v) is 14.6. The lowest BCUT2D eigenvalue weighted by molar-refractivity contribution is -0.142. The topological polar surface area (TPSA) is 95.5 Å². The van der Waals surface area contributed by atoms with Crippen molar-refractivity contribution in [3.8, 4) is 0 Å². The Morgan fingerprint density at radius 1 is 1.28 bits per heavy atom. The molecule has 0 aromatic heterocycles. The Kier molecular flexibility index (Phi) is 6.81. The number of anilines is 1. The summed E-state index contributed by atoms with van der Waals surface area (Å²) in [6.07, 6.45) is 2.46. The van der Waals surface area contributed by atoms with Crippen LogP contribution >= 0.6 is 11.8 Å². The van der Waals surface area contributed by atoms with E-state index in [1.807, 2.05) is 0 Å². The highest BCUT2D eigenvalue weighted by atomic mass is 32.2. The number of hydrogen-bond donors (Lipinski definition) is 3. The van der Waals surface area contributed by atoms with Crippen LogP contribution in [0.5, 0.6) is 0 Å². The van der Waals surface area contributed by atoms with Gasteiger partial charge in [-0.2, -0.15) is 0 Å². The van der Waals surface area contributed by atoms with E-state index in [1.165, 1.54) is 24.3 Å². The van der Waals surface area contributed by atoms with Crippen molar-refractivity contribution >= 4 is 35.2 Å². The summed E-state index contributed by atoms with van der Waals surface area (Å²) in [5, 5.41) is 13.8. The first kappa shape index (κ1) is 19.2. The SMILES string of the molecule is CC(SCC(=O)Nc1ccc(F)cc1)C(=O)NC(CC1CC1)C(=O)O. The van der Waals surface area contributed by atoms with Gasteiger partial charge >= 0.3 is 5.97 Å². The van der Waals surface area contributed by atoms with E-state index < -0.39 is 29.0 Å². The van der Waals surface area contributed by atoms with Crippen LogP contribution in [0.2, 0.25) is 0 Å². The van der Waals surface area contributed by atoms with Crippen molar-refractivity contribution < 1.29 is 23.9 Å². The van der Waals surface area contributed by atoms with E-state index in [0.717, 1.165) is 24.6 Å². The highest BCUT2D eigenvalue weighted by Crippen LogP contribution is 2.33. The van der Waals surface area contributed by atoms with E-state index in [2.05, 4.69) is 10.6 Å². The minimum absolute atomic E-state index is 0.0341. The quantitative estimate of drug-likeness (QED) is 0.621. The molecule has 2 unspecified atom stereocenters. The van der Waals surface area contributed by atoms with E-state index in [9.17, 15) is 18.8 Å². The van der Waals surface area contributed by atoms with Gasteiger partial charge in [0.05, 0.1) is 11.0 Å². The third-order valence-corrected chi connectivity index (χ3v) is 4.99. The molecule has 0 saturated heterocycles. The first-order valence-electron chi connectivity index (χ1n) is 8.05. The molecule has 25 heavy (non-hydrogen) atoms. The molecule has 0 heterocycles. The number of carboxylic acid groups (broad SMARTS) is 1. The molecule has 1 aromatic rings. The predicted octanol–water partition coefficient (Wildman–Crippen LogP) is 2.26. The molecule has 2 rings (SSSR count). The molecule has 1 aromatic carbocycles. The number of carbonyl (C=O) groups excluding carboxylic acids is 2. The van der Waals surface area contributed by atoms with Crippen LogP contribution in [0, 0.1) is 11.7 Å². The summed E-state index contributed by atoms with van der Waals surface area (Å²) in [6.45, 7) is 1.63. The molecule has 2 amide bonds. The van der Waals surface area contributed by atoms with Crippen molar-refractivity contribution in [2.45, 2.75) is 37.5 Å². The molecule has 6 nitrogen and oxygen atoms in total. The number of aliphatic carboxylic acids is 1. The molecule has 136 valence electrons. The third kappa shape index (κ3) is 6.74. The van der Waals surface area contributed by atoms with Gasteiger partial charge < -0.3 is 15.7 Å². The number of amides is 2. The van der Waals surface area contributed by atoms with Crippen LogP contribution in [0.25, 0.3) is 0 Å². The minimum Gasteiger partial charge on any atom is -0.480 e. The summed E-state index contributed by atoms with van der Waals surface area (Å²) in [6, 6.07) is 4.50. The van der Waals surface area contributed by atoms with Gasteiger partial charge in [-0.05, 0) is 43.5 Å². The summed E-state index contributed by atoms with van der Waals surface area (Å²) in [7, 11) is 0. The van der Waals surface area contributed by atoms with Crippen LogP contribution in [-0.4, -0.2) is 39.9 Å². The monoisotopic (exact) mass is 368 g/mol. The van der Waals surface area contributed by atoms with Crippen LogP contribution in [0.15, 0.2) is 24.3 Å². The van der Waals surface area contributed by atoms with Crippen molar-refractivity contribution in [1.29, 1.82) is 0 Å². The van der Waals surface area contributed by atoms with E-state index >= 15 is 0 Å². The number of halogens is 1. The van der Waals surface area contributed by atoms with Crippen LogP contribution in [0.3, 0.4) is 0 Å². The standard InChI is InChI=1S/C17H21FN2O4S/c1-10(16(22)20-14(17(23)24)8-11-2-3-11)25-9-15(21)19-13-6-4-12(18)5-7-13/h4-7,10-11,14H,2-3,8-9H2,1H3,(H,19,21)(H,20,22)(H,23,24). The van der Waals surface area contributed by atoms with Crippen LogP contribution in [0.1, 0.15) is 26.2 Å². The van der Waals surface area contributed by atoms with E-state index in [1.54, 1.807) is 6.92 Å². The number of benzene rings is 1. The van der Waals surface area contributed by atoms with Gasteiger partial charge in [0, 0.05) is 5.69 Å². The Bertz CT molecular complexity index is 634. The van der Waals surface area contributed by atoms with Crippen molar-refractivity contribution in [2.24, 2.45) is 5.92 Å². The largest absolute Gasteiger partial charge is 0.480 e. The lowest BCUT2D eigenvalue weighted by atomic mass is 10.1. The average Bonchev–Trinajstić information content (AvgIpc) is 3.38. The Morgan fingerprint density at radius 3 is 2.48 bits per heavy atom. The van der Waals surface area contributed by atoms with Crippen molar-refractivity contribution in [1.82, 2.24) is 5.32 Å². The molecule has 0 radical (unpaired) electrons. The Labute approximate surface area is 149 Å². The summed E-state index contributed by atoms with van der Waals surface area (Å²) in [5.74, 6) is -1.72. The second-order valence-corrected chi connectivity index (χ2v) is 7.42. The fraction of sp³-hybridized carbons (Fsp3) is 0.471. The molecular weight excluding hydrogens is 347 g/mol. The molecule has 3 N–H and O–H groups in total. The number of rotatable bonds is 9. The lowest BCUT2D eigenvalue weighted by Crippen LogP contribution is -2.44. The normalized spacial score (nSPS) is 15.9. The molecule has 2 atom stereocenters. The van der Waals surface area contributed by atoms with Crippen LogP contribution in [0.4, 0.5) is 10.1 Å². The van der Waals surface area contributed by atoms with Crippen molar-refractivity contribution in [2.75, 3.05) is 11.1 Å². The maximum atomic E-state index is 12.8. The lowest BCUT2D eigenvalue weighted by Gasteiger charge is -2.17. The third-order valence-electron chi connectivity index (χ3n) is 3.84. The number of nitrogens with one attached hydrogen (secondary N) is 2. The van der Waals surface area contributed by atoms with Gasteiger partial charge in [0.25, 0.3) is 0 Å². The van der Waals surface area contributed by atoms with E-state index in [0.29, 0.717) is 18.0 Å². The van der Waals surface area contributed by atoms with Crippen molar-refractivity contribution in [3.63, 3.8) is 0 Å². The first-order chi connectivity index (χ1) is 11.8. The van der Waals surface area contributed by atoms with Gasteiger partial charge in [0.2, 0.25) is 11.8 Å². The second-order valence-electron chi connectivity index (χ2n) is 6.09. The molecule has 0 bridgehead atoms. The number of carboxylic acids is 1. The van der Waals surface area contributed by atoms with Gasteiger partial charge in [-0.15, -0.1) is 11.8 Å². The Hall–Kier alpha value is -2.09. The van der Waals surface area contributed by atoms with Gasteiger partial charge in [0.15, 0.2) is 0 Å². The highest BCUT2D eigenvalue weighted by molar-refractivity contribution is 8.01. The molecule has 1 aliphatic rings. The number of carbonyl (C=O) groups is 3. The molecule has 1 saturated carbocycles. The summed E-state index contributed by atoms with van der Waals surface area (Å²) in [5.41, 5.74) is 0.472. The zero-order valence-electron chi connectivity index (χ0n) is 13.8. The number of thioether (sulfide) groups is 1. The second kappa shape index (κ2) is 8.84. The summed E-state index contributed by atoms with van der Waals surface area (Å²) < 4.78 is 12.8. The highest BCUT2D eigenvalue weighted by Gasteiger charge is 2.31. The van der Waals surface area contributed by atoms with Crippen LogP contribution < -0.4 is 10.6 Å². The van der Waals surface area contributed by atoms with Crippen molar-refractivity contribution in [3.05, 3.63) is 30.1 Å². The fourth-order valence-corrected chi connectivity index (χ4v) is 2.90. The molecule has 1 aliphatic carbocycles. The maximum Gasteiger partial charge on any atom is 0.326 e. The summed E-state index contributed by atoms with van der Waals surface area (Å²) in [4.78, 5) is 35.2. The van der Waals surface area contributed by atoms with Crippen LogP contribution in [-0.2, 0) is 14.4 Å². The summed E-state index contributed by atoms with van der Waals surface area (Å²) >= 11 is 1.11. The average molecular weight is 368 g/mol. The maximum absolute atomic E-state index is 12.8. The van der Waals surface area contributed by atoms with E-state index in [4.69, 9.17) is 5.11 Å². The van der Waals surface area contributed by atoms with Gasteiger partial charge in [-0.25, -0.2) is 9.18 Å². The molecule has 8 heteroatoms. The van der Waals surface area contributed by atoms with Gasteiger partial charge in [-0.1, -0.05) is 12.8 Å². The molecule has 0 spiro atoms. The minimum atomic E-state index is -1.04. The first-order valence-corrected chi connectivity index (χ1v) is 9.10. The van der Waals surface area contributed by atoms with E-state index in [-0.39, 0.29) is 11.7 Å². The smallest absolute Gasteiger partial charge is 0.326 e. The molecule has 0 aliphatic heterocycles. The predicted molar refractivity (Wildman–Crippen MR) is 93.9 cm³/mol. The molecular formula is C17H21FN2O4S. The zero-order chi connectivity index (χ0) is 18.4. The van der Waals surface area contributed by atoms with Gasteiger partial charge in [-0.3, -0.25) is 9.59 Å². The Morgan fingerprint density at radius 2 is 1.92 bits per heavy atom. The fourth-order valence-electron chi connectivity index (χ4n) is 2.20.